The molecule has 0 aliphatic carbocycles. The maximum atomic E-state index is 12.2. The minimum absolute atomic E-state index is 0.165. The summed E-state index contributed by atoms with van der Waals surface area (Å²) < 4.78 is 5.67. The minimum Gasteiger partial charge on any atom is -0.416 e. The van der Waals surface area contributed by atoms with Crippen molar-refractivity contribution in [1.29, 1.82) is 0 Å². The Bertz CT molecular complexity index is 818. The van der Waals surface area contributed by atoms with Crippen molar-refractivity contribution < 1.29 is 14.0 Å². The first-order valence-electron chi connectivity index (χ1n) is 7.86. The molecular formula is C17H18N4O3S. The van der Waals surface area contributed by atoms with E-state index in [4.69, 9.17) is 4.42 Å². The predicted octanol–water partition coefficient (Wildman–Crippen LogP) is 3.13. The lowest BCUT2D eigenvalue weighted by Gasteiger charge is -2.24. The molecule has 130 valence electrons. The number of hydrogen-bond acceptors (Lipinski definition) is 6. The van der Waals surface area contributed by atoms with Crippen molar-refractivity contribution in [3.63, 3.8) is 0 Å². The number of benzene rings is 1. The molecule has 2 aromatic rings. The number of rotatable bonds is 5. The first kappa shape index (κ1) is 17.3. The molecule has 1 aliphatic rings. The molecule has 0 saturated carbocycles. The van der Waals surface area contributed by atoms with Crippen LogP contribution in [0, 0.1) is 5.92 Å². The lowest BCUT2D eigenvalue weighted by atomic mass is 9.97. The normalized spacial score (nSPS) is 19.1. The van der Waals surface area contributed by atoms with E-state index < -0.39 is 11.9 Å². The van der Waals surface area contributed by atoms with Crippen LogP contribution in [0.1, 0.15) is 30.6 Å². The molecule has 2 atom stereocenters. The predicted molar refractivity (Wildman–Crippen MR) is 93.5 cm³/mol. The summed E-state index contributed by atoms with van der Waals surface area (Å²) in [5.41, 5.74) is 1.64. The Balaban J connectivity index is 1.69. The van der Waals surface area contributed by atoms with Crippen LogP contribution in [0.25, 0.3) is 0 Å². The van der Waals surface area contributed by atoms with Crippen LogP contribution < -0.4 is 0 Å². The molecule has 1 aromatic carbocycles. The number of imide groups is 1. The van der Waals surface area contributed by atoms with E-state index >= 15 is 0 Å². The molecule has 3 amide bonds. The summed E-state index contributed by atoms with van der Waals surface area (Å²) >= 11 is 1.46. The van der Waals surface area contributed by atoms with E-state index in [9.17, 15) is 9.59 Å². The monoisotopic (exact) mass is 358 g/mol. The Morgan fingerprint density at radius 1 is 1.24 bits per heavy atom. The Labute approximate surface area is 149 Å². The van der Waals surface area contributed by atoms with E-state index in [2.05, 4.69) is 22.1 Å². The van der Waals surface area contributed by atoms with Gasteiger partial charge in [-0.15, -0.1) is 10.2 Å². The number of aromatic nitrogens is 2. The number of nitrogens with zero attached hydrogens (tertiary/aromatic N) is 4. The fraction of sp³-hybridized carbons (Fsp3) is 0.353. The van der Waals surface area contributed by atoms with Crippen LogP contribution in [0.3, 0.4) is 0 Å². The number of carbonyl (C=O) groups excluding carboxylic acids is 2. The topological polar surface area (TPSA) is 88.7 Å². The molecule has 0 N–H and O–H groups in total. The third-order valence-corrected chi connectivity index (χ3v) is 5.06. The van der Waals surface area contributed by atoms with Crippen molar-refractivity contribution in [2.45, 2.75) is 30.7 Å². The van der Waals surface area contributed by atoms with Gasteiger partial charge in [-0.1, -0.05) is 42.1 Å². The minimum atomic E-state index is -0.549. The number of amides is 3. The van der Waals surface area contributed by atoms with E-state index in [-0.39, 0.29) is 17.6 Å². The second kappa shape index (κ2) is 7.18. The number of urea groups is 1. The van der Waals surface area contributed by atoms with Crippen molar-refractivity contribution in [2.75, 3.05) is 7.05 Å². The van der Waals surface area contributed by atoms with Crippen LogP contribution in [-0.4, -0.2) is 39.8 Å². The summed E-state index contributed by atoms with van der Waals surface area (Å²) in [7, 11) is 1.42. The number of carbonyl (C=O) groups is 2. The maximum absolute atomic E-state index is 12.2. The van der Waals surface area contributed by atoms with Crippen molar-refractivity contribution in [1.82, 2.24) is 15.1 Å². The molecule has 1 aromatic heterocycles. The Morgan fingerprint density at radius 2 is 1.96 bits per heavy atom. The highest BCUT2D eigenvalue weighted by Crippen LogP contribution is 2.34. The average Bonchev–Trinajstić information content (AvgIpc) is 3.04. The highest BCUT2D eigenvalue weighted by atomic mass is 32.2. The standard InChI is InChI=1S/C17H18N4O3S/c1-10-13(15(22)21(3)16(23)18-10)9-14-19-20-17(24-14)25-11(2)12-7-5-4-6-8-12/h4-8,11,13H,9H2,1-3H3. The van der Waals surface area contributed by atoms with Crippen LogP contribution >= 0.6 is 11.8 Å². The van der Waals surface area contributed by atoms with Crippen molar-refractivity contribution >= 4 is 29.4 Å². The van der Waals surface area contributed by atoms with Gasteiger partial charge in [0.15, 0.2) is 0 Å². The number of thioether (sulfide) groups is 1. The smallest absolute Gasteiger partial charge is 0.349 e. The van der Waals surface area contributed by atoms with Crippen LogP contribution in [0.15, 0.2) is 45.0 Å². The average molecular weight is 358 g/mol. The largest absolute Gasteiger partial charge is 0.416 e. The summed E-state index contributed by atoms with van der Waals surface area (Å²) in [6, 6.07) is 9.49. The molecule has 25 heavy (non-hydrogen) atoms. The van der Waals surface area contributed by atoms with Gasteiger partial charge in [-0.2, -0.15) is 0 Å². The van der Waals surface area contributed by atoms with E-state index in [1.54, 1.807) is 6.92 Å². The summed E-state index contributed by atoms with van der Waals surface area (Å²) in [5.74, 6) is -0.492. The zero-order valence-electron chi connectivity index (χ0n) is 14.2. The Morgan fingerprint density at radius 3 is 2.68 bits per heavy atom. The van der Waals surface area contributed by atoms with E-state index in [0.29, 0.717) is 16.8 Å². The zero-order valence-corrected chi connectivity index (χ0v) is 15.0. The van der Waals surface area contributed by atoms with Crippen LogP contribution in [0.2, 0.25) is 0 Å². The van der Waals surface area contributed by atoms with Gasteiger partial charge in [-0.3, -0.25) is 9.69 Å². The Hall–Kier alpha value is -2.48. The fourth-order valence-electron chi connectivity index (χ4n) is 2.53. The van der Waals surface area contributed by atoms with Gasteiger partial charge in [0.1, 0.15) is 0 Å². The molecule has 0 fully saturated rings. The Kier molecular flexibility index (Phi) is 4.98. The van der Waals surface area contributed by atoms with Gasteiger partial charge in [0.05, 0.1) is 5.92 Å². The number of hydrogen-bond donors (Lipinski definition) is 0. The van der Waals surface area contributed by atoms with Crippen LogP contribution in [-0.2, 0) is 11.2 Å². The molecule has 2 heterocycles. The van der Waals surface area contributed by atoms with Gasteiger partial charge >= 0.3 is 6.03 Å². The van der Waals surface area contributed by atoms with Crippen LogP contribution in [0.5, 0.6) is 0 Å². The van der Waals surface area contributed by atoms with Crippen molar-refractivity contribution in [3.05, 3.63) is 41.8 Å². The van der Waals surface area contributed by atoms with Crippen molar-refractivity contribution in [2.24, 2.45) is 10.9 Å². The molecule has 2 unspecified atom stereocenters. The van der Waals surface area contributed by atoms with E-state index in [1.807, 2.05) is 30.3 Å². The maximum Gasteiger partial charge on any atom is 0.349 e. The zero-order chi connectivity index (χ0) is 18.0. The fourth-order valence-corrected chi connectivity index (χ4v) is 3.36. The van der Waals surface area contributed by atoms with Crippen LogP contribution in [0.4, 0.5) is 4.79 Å². The third-order valence-electron chi connectivity index (χ3n) is 4.07. The lowest BCUT2D eigenvalue weighted by molar-refractivity contribution is -0.129. The summed E-state index contributed by atoms with van der Waals surface area (Å²) in [6.45, 7) is 3.73. The van der Waals surface area contributed by atoms with Gasteiger partial charge in [0, 0.05) is 24.4 Å². The van der Waals surface area contributed by atoms with Crippen molar-refractivity contribution in [3.8, 4) is 0 Å². The van der Waals surface area contributed by atoms with Gasteiger partial charge in [0.25, 0.3) is 5.22 Å². The summed E-state index contributed by atoms with van der Waals surface area (Å²) in [6.07, 6.45) is 0.235. The quantitative estimate of drug-likeness (QED) is 0.763. The molecule has 0 spiro atoms. The van der Waals surface area contributed by atoms with Gasteiger partial charge in [-0.25, -0.2) is 9.79 Å². The lowest BCUT2D eigenvalue weighted by Crippen LogP contribution is -2.44. The van der Waals surface area contributed by atoms with Gasteiger partial charge in [-0.05, 0) is 19.4 Å². The highest BCUT2D eigenvalue weighted by molar-refractivity contribution is 7.99. The summed E-state index contributed by atoms with van der Waals surface area (Å²) in [4.78, 5) is 28.7. The molecule has 8 heteroatoms. The van der Waals surface area contributed by atoms with E-state index in [1.165, 1.54) is 18.8 Å². The molecule has 7 nitrogen and oxygen atoms in total. The summed E-state index contributed by atoms with van der Waals surface area (Å²) in [5, 5.41) is 8.68. The molecule has 1 aliphatic heterocycles. The second-order valence-corrected chi connectivity index (χ2v) is 7.11. The molecule has 0 bridgehead atoms. The SMILES string of the molecule is CC1=NC(=O)N(C)C(=O)C1Cc1nnc(SC(C)c2ccccc2)o1. The first-order valence-corrected chi connectivity index (χ1v) is 8.74. The number of aliphatic imine (C=N–C) groups is 1. The second-order valence-electron chi connectivity index (χ2n) is 5.82. The molecule has 3 rings (SSSR count). The van der Waals surface area contributed by atoms with Gasteiger partial charge in [0.2, 0.25) is 11.8 Å². The first-order chi connectivity index (χ1) is 12.0. The molecule has 0 saturated heterocycles. The highest BCUT2D eigenvalue weighted by Gasteiger charge is 2.34. The van der Waals surface area contributed by atoms with E-state index in [0.717, 1.165) is 10.5 Å². The molecular weight excluding hydrogens is 340 g/mol. The third kappa shape index (κ3) is 3.79. The molecule has 0 radical (unpaired) electrons. The van der Waals surface area contributed by atoms with Gasteiger partial charge < -0.3 is 4.42 Å².